The fraction of sp³-hybridized carbons (Fsp3) is 0.346. The van der Waals surface area contributed by atoms with Gasteiger partial charge in [0, 0.05) is 37.8 Å². The molecular formula is C26H26F4N4. The van der Waals surface area contributed by atoms with Gasteiger partial charge in [-0.1, -0.05) is 30.3 Å². The molecule has 4 nitrogen and oxygen atoms in total. The zero-order valence-corrected chi connectivity index (χ0v) is 18.6. The molecule has 0 amide bonds. The monoisotopic (exact) mass is 470 g/mol. The van der Waals surface area contributed by atoms with Gasteiger partial charge in [-0.15, -0.1) is 0 Å². The molecule has 1 saturated heterocycles. The zero-order chi connectivity index (χ0) is 24.3. The van der Waals surface area contributed by atoms with Crippen LogP contribution >= 0.6 is 0 Å². The quantitative estimate of drug-likeness (QED) is 0.592. The normalized spacial score (nSPS) is 21.1. The van der Waals surface area contributed by atoms with Crippen LogP contribution in [0.4, 0.5) is 23.2 Å². The van der Waals surface area contributed by atoms with Gasteiger partial charge in [0.2, 0.25) is 0 Å². The van der Waals surface area contributed by atoms with E-state index in [0.29, 0.717) is 18.7 Å². The van der Waals surface area contributed by atoms with Crippen molar-refractivity contribution < 1.29 is 17.6 Å². The highest BCUT2D eigenvalue weighted by Crippen LogP contribution is 2.37. The molecule has 2 unspecified atom stereocenters. The van der Waals surface area contributed by atoms with E-state index in [1.54, 1.807) is 18.2 Å². The van der Waals surface area contributed by atoms with Crippen LogP contribution in [-0.4, -0.2) is 49.3 Å². The number of likely N-dealkylation sites (tertiary alicyclic amines) is 1. The molecule has 1 heterocycles. The molecule has 2 aromatic rings. The number of halogens is 4. The Labute approximate surface area is 196 Å². The summed E-state index contributed by atoms with van der Waals surface area (Å²) in [6.45, 7) is 2.74. The number of rotatable bonds is 6. The van der Waals surface area contributed by atoms with Crippen LogP contribution in [0.2, 0.25) is 0 Å². The van der Waals surface area contributed by atoms with Crippen molar-refractivity contribution in [3.63, 3.8) is 0 Å². The summed E-state index contributed by atoms with van der Waals surface area (Å²) >= 11 is 0. The van der Waals surface area contributed by atoms with E-state index in [-0.39, 0.29) is 6.04 Å². The average molecular weight is 471 g/mol. The lowest BCUT2D eigenvalue weighted by Crippen LogP contribution is -2.42. The molecule has 1 fully saturated rings. The Bertz CT molecular complexity index is 1110. The number of anilines is 1. The van der Waals surface area contributed by atoms with E-state index in [0.717, 1.165) is 42.4 Å². The number of nitrogens with two attached hydrogens (primary N) is 1. The topological polar surface area (TPSA) is 56.3 Å². The predicted octanol–water partition coefficient (Wildman–Crippen LogP) is 5.18. The van der Waals surface area contributed by atoms with Gasteiger partial charge in [-0.2, -0.15) is 18.4 Å². The lowest BCUT2D eigenvalue weighted by atomic mass is 9.96. The highest BCUT2D eigenvalue weighted by atomic mass is 19.4. The maximum absolute atomic E-state index is 14.0. The minimum atomic E-state index is -4.71. The van der Waals surface area contributed by atoms with Gasteiger partial charge in [0.1, 0.15) is 5.83 Å². The average Bonchev–Trinajstić information content (AvgIpc) is 3.24. The lowest BCUT2D eigenvalue weighted by Gasteiger charge is -2.35. The summed E-state index contributed by atoms with van der Waals surface area (Å²) in [6.07, 6.45) is -1.83. The van der Waals surface area contributed by atoms with Crippen molar-refractivity contribution in [1.29, 1.82) is 5.26 Å². The summed E-state index contributed by atoms with van der Waals surface area (Å²) in [6, 6.07) is 16.3. The molecule has 2 N–H and O–H groups in total. The highest BCUT2D eigenvalue weighted by Gasteiger charge is 2.40. The fourth-order valence-electron chi connectivity index (χ4n) is 4.55. The molecule has 178 valence electrons. The molecule has 0 bridgehead atoms. The minimum Gasteiger partial charge on any atom is -0.363 e. The van der Waals surface area contributed by atoms with Crippen LogP contribution in [0.5, 0.6) is 0 Å². The van der Waals surface area contributed by atoms with Crippen LogP contribution in [0, 0.1) is 11.3 Å². The molecule has 0 saturated carbocycles. The third-order valence-electron chi connectivity index (χ3n) is 6.40. The molecule has 1 aliphatic carbocycles. The van der Waals surface area contributed by atoms with Gasteiger partial charge in [-0.3, -0.25) is 4.90 Å². The zero-order valence-electron chi connectivity index (χ0n) is 18.6. The van der Waals surface area contributed by atoms with Crippen molar-refractivity contribution >= 4 is 5.69 Å². The minimum absolute atomic E-state index is 0.111. The van der Waals surface area contributed by atoms with Gasteiger partial charge in [-0.25, -0.2) is 4.39 Å². The van der Waals surface area contributed by atoms with Crippen molar-refractivity contribution in [2.45, 2.75) is 31.1 Å². The van der Waals surface area contributed by atoms with E-state index in [9.17, 15) is 17.6 Å². The van der Waals surface area contributed by atoms with Crippen LogP contribution < -0.4 is 10.6 Å². The van der Waals surface area contributed by atoms with Crippen molar-refractivity contribution in [3.8, 4) is 17.2 Å². The largest absolute Gasteiger partial charge is 0.415 e. The van der Waals surface area contributed by atoms with Crippen LogP contribution in [0.3, 0.4) is 0 Å². The van der Waals surface area contributed by atoms with Gasteiger partial charge in [0.05, 0.1) is 23.2 Å². The third kappa shape index (κ3) is 5.49. The van der Waals surface area contributed by atoms with Crippen molar-refractivity contribution in [2.24, 2.45) is 5.73 Å². The predicted molar refractivity (Wildman–Crippen MR) is 125 cm³/mol. The molecule has 34 heavy (non-hydrogen) atoms. The van der Waals surface area contributed by atoms with Gasteiger partial charge in [0.15, 0.2) is 0 Å². The fourth-order valence-corrected chi connectivity index (χ4v) is 4.55. The number of alkyl halides is 3. The first-order valence-corrected chi connectivity index (χ1v) is 11.2. The second kappa shape index (κ2) is 10.00. The van der Waals surface area contributed by atoms with Gasteiger partial charge in [-0.05, 0) is 54.4 Å². The van der Waals surface area contributed by atoms with E-state index in [1.165, 1.54) is 6.08 Å². The van der Waals surface area contributed by atoms with E-state index in [1.807, 2.05) is 35.2 Å². The summed E-state index contributed by atoms with van der Waals surface area (Å²) in [4.78, 5) is 4.10. The van der Waals surface area contributed by atoms with Gasteiger partial charge in [0.25, 0.3) is 0 Å². The van der Waals surface area contributed by atoms with E-state index < -0.39 is 30.0 Å². The highest BCUT2D eigenvalue weighted by molar-refractivity contribution is 5.68. The van der Waals surface area contributed by atoms with Crippen LogP contribution in [0.1, 0.15) is 18.4 Å². The van der Waals surface area contributed by atoms with Crippen molar-refractivity contribution in [2.75, 3.05) is 31.1 Å². The molecule has 2 aromatic carbocycles. The number of nitriles is 1. The number of hydrogen-bond acceptors (Lipinski definition) is 4. The first-order chi connectivity index (χ1) is 16.2. The van der Waals surface area contributed by atoms with Crippen molar-refractivity contribution in [3.05, 3.63) is 77.6 Å². The molecular weight excluding hydrogens is 444 g/mol. The Morgan fingerprint density at radius 2 is 1.88 bits per heavy atom. The Kier molecular flexibility index (Phi) is 7.05. The molecule has 2 atom stereocenters. The second-order valence-corrected chi connectivity index (χ2v) is 8.74. The summed E-state index contributed by atoms with van der Waals surface area (Å²) in [5.74, 6) is -1.22. The van der Waals surface area contributed by atoms with Gasteiger partial charge < -0.3 is 10.6 Å². The molecule has 1 aliphatic heterocycles. The first kappa shape index (κ1) is 24.0. The SMILES string of the molecule is N#Cc1cccc(-c2ccc(N(CCN3CCC(N)C3)C3C=CC(F)=C(C(F)(F)F)C3)cc2)c1. The third-order valence-corrected chi connectivity index (χ3v) is 6.40. The van der Waals surface area contributed by atoms with E-state index in [2.05, 4.69) is 11.0 Å². The Morgan fingerprint density at radius 1 is 1.12 bits per heavy atom. The number of allylic oxidation sites excluding steroid dienone is 2. The first-order valence-electron chi connectivity index (χ1n) is 11.2. The lowest BCUT2D eigenvalue weighted by molar-refractivity contribution is -0.0962. The second-order valence-electron chi connectivity index (χ2n) is 8.74. The maximum atomic E-state index is 14.0. The Morgan fingerprint density at radius 3 is 2.53 bits per heavy atom. The van der Waals surface area contributed by atoms with E-state index >= 15 is 0 Å². The summed E-state index contributed by atoms with van der Waals surface area (Å²) in [7, 11) is 0. The molecule has 0 spiro atoms. The molecule has 0 radical (unpaired) electrons. The summed E-state index contributed by atoms with van der Waals surface area (Å²) in [5.41, 5.74) is 7.95. The maximum Gasteiger partial charge on any atom is 0.415 e. The van der Waals surface area contributed by atoms with Crippen molar-refractivity contribution in [1.82, 2.24) is 4.90 Å². The van der Waals surface area contributed by atoms with Crippen LogP contribution in [0.15, 0.2) is 72.1 Å². The number of nitrogens with zero attached hydrogens (tertiary/aromatic N) is 3. The summed E-state index contributed by atoms with van der Waals surface area (Å²) < 4.78 is 54.2. The number of benzene rings is 2. The molecule has 4 rings (SSSR count). The molecule has 0 aromatic heterocycles. The summed E-state index contributed by atoms with van der Waals surface area (Å²) in [5, 5.41) is 9.15. The van der Waals surface area contributed by atoms with E-state index in [4.69, 9.17) is 11.0 Å². The standard InChI is InChI=1S/C26H26F4N4/c27-25-9-8-23(15-24(25)26(28,29)30)34(13-12-33-11-10-21(32)17-33)22-6-4-19(5-7-22)20-3-1-2-18(14-20)16-31/h1-9,14,21,23H,10-13,15,17,32H2. The smallest absolute Gasteiger partial charge is 0.363 e. The Balaban J connectivity index is 1.59. The Hall–Kier alpha value is -3.15. The van der Waals surface area contributed by atoms with Gasteiger partial charge >= 0.3 is 6.18 Å². The van der Waals surface area contributed by atoms with Crippen LogP contribution in [0.25, 0.3) is 11.1 Å². The molecule has 2 aliphatic rings. The molecule has 8 heteroatoms. The number of hydrogen-bond donors (Lipinski definition) is 1. The van der Waals surface area contributed by atoms with Crippen LogP contribution in [-0.2, 0) is 0 Å².